The van der Waals surface area contributed by atoms with Gasteiger partial charge in [0.05, 0.1) is 6.61 Å². The molecule has 0 saturated heterocycles. The highest BCUT2D eigenvalue weighted by Gasteiger charge is 2.31. The Labute approximate surface area is 111 Å². The minimum Gasteiger partial charge on any atom is -0.395 e. The van der Waals surface area contributed by atoms with Crippen LogP contribution >= 0.6 is 0 Å². The standard InChI is InChI=1S/C16H25NO/c1-3-17(11-14-9-10-14)12-16(2,13-18)15-7-5-4-6-8-15/h4-8,14,18H,3,9-13H2,1-2H3. The largest absolute Gasteiger partial charge is 0.395 e. The Morgan fingerprint density at radius 3 is 2.44 bits per heavy atom. The van der Waals surface area contributed by atoms with Gasteiger partial charge in [-0.1, -0.05) is 44.2 Å². The molecule has 2 heteroatoms. The zero-order valence-corrected chi connectivity index (χ0v) is 11.6. The topological polar surface area (TPSA) is 23.5 Å². The van der Waals surface area contributed by atoms with E-state index in [4.69, 9.17) is 0 Å². The van der Waals surface area contributed by atoms with Gasteiger partial charge < -0.3 is 10.0 Å². The van der Waals surface area contributed by atoms with E-state index in [1.165, 1.54) is 24.9 Å². The number of hydrogen-bond donors (Lipinski definition) is 1. The quantitative estimate of drug-likeness (QED) is 0.801. The summed E-state index contributed by atoms with van der Waals surface area (Å²) < 4.78 is 0. The molecule has 1 N–H and O–H groups in total. The van der Waals surface area contributed by atoms with E-state index in [1.807, 2.05) is 6.07 Å². The summed E-state index contributed by atoms with van der Waals surface area (Å²) >= 11 is 0. The van der Waals surface area contributed by atoms with E-state index in [0.717, 1.165) is 19.0 Å². The van der Waals surface area contributed by atoms with Crippen LogP contribution in [0.5, 0.6) is 0 Å². The lowest BCUT2D eigenvalue weighted by Crippen LogP contribution is -2.42. The fourth-order valence-corrected chi connectivity index (χ4v) is 2.54. The Bertz CT molecular complexity index is 361. The summed E-state index contributed by atoms with van der Waals surface area (Å²) in [5.74, 6) is 0.906. The molecule has 0 radical (unpaired) electrons. The fraction of sp³-hybridized carbons (Fsp3) is 0.625. The van der Waals surface area contributed by atoms with E-state index in [0.29, 0.717) is 0 Å². The predicted molar refractivity (Wildman–Crippen MR) is 75.7 cm³/mol. The van der Waals surface area contributed by atoms with Crippen LogP contribution < -0.4 is 0 Å². The number of benzene rings is 1. The maximum atomic E-state index is 9.81. The average Bonchev–Trinajstić information content (AvgIpc) is 3.23. The van der Waals surface area contributed by atoms with Gasteiger partial charge in [-0.05, 0) is 30.9 Å². The molecule has 1 saturated carbocycles. The molecular formula is C16H25NO. The van der Waals surface area contributed by atoms with Crippen LogP contribution in [0.4, 0.5) is 0 Å². The predicted octanol–water partition coefficient (Wildman–Crippen LogP) is 2.67. The second-order valence-electron chi connectivity index (χ2n) is 5.86. The van der Waals surface area contributed by atoms with Crippen molar-refractivity contribution in [2.24, 2.45) is 5.92 Å². The van der Waals surface area contributed by atoms with E-state index < -0.39 is 0 Å². The van der Waals surface area contributed by atoms with Crippen molar-refractivity contribution >= 4 is 0 Å². The second kappa shape index (κ2) is 5.85. The summed E-state index contributed by atoms with van der Waals surface area (Å²) in [4.78, 5) is 2.49. The summed E-state index contributed by atoms with van der Waals surface area (Å²) in [6.45, 7) is 7.79. The first-order valence-electron chi connectivity index (χ1n) is 7.06. The lowest BCUT2D eigenvalue weighted by atomic mass is 9.82. The van der Waals surface area contributed by atoms with E-state index in [2.05, 4.69) is 43.0 Å². The third-order valence-corrected chi connectivity index (χ3v) is 4.05. The van der Waals surface area contributed by atoms with Crippen molar-refractivity contribution < 1.29 is 5.11 Å². The molecule has 0 amide bonds. The van der Waals surface area contributed by atoms with Crippen LogP contribution in [0.15, 0.2) is 30.3 Å². The van der Waals surface area contributed by atoms with Crippen molar-refractivity contribution in [3.8, 4) is 0 Å². The van der Waals surface area contributed by atoms with Crippen molar-refractivity contribution in [1.29, 1.82) is 0 Å². The Balaban J connectivity index is 2.06. The van der Waals surface area contributed by atoms with E-state index >= 15 is 0 Å². The van der Waals surface area contributed by atoms with Gasteiger partial charge in [0.1, 0.15) is 0 Å². The lowest BCUT2D eigenvalue weighted by molar-refractivity contribution is 0.144. The first-order valence-corrected chi connectivity index (χ1v) is 7.06. The summed E-state index contributed by atoms with van der Waals surface area (Å²) in [7, 11) is 0. The van der Waals surface area contributed by atoms with Crippen molar-refractivity contribution in [2.45, 2.75) is 32.1 Å². The molecule has 2 nitrogen and oxygen atoms in total. The number of hydrogen-bond acceptors (Lipinski definition) is 2. The molecule has 1 atom stereocenters. The van der Waals surface area contributed by atoms with E-state index in [-0.39, 0.29) is 12.0 Å². The number of rotatable bonds is 7. The number of aliphatic hydroxyl groups excluding tert-OH is 1. The van der Waals surface area contributed by atoms with Crippen LogP contribution in [0.1, 0.15) is 32.3 Å². The maximum absolute atomic E-state index is 9.81. The zero-order chi connectivity index (χ0) is 13.0. The molecule has 1 aliphatic carbocycles. The molecule has 0 heterocycles. The summed E-state index contributed by atoms with van der Waals surface area (Å²) in [6, 6.07) is 10.4. The summed E-state index contributed by atoms with van der Waals surface area (Å²) in [5, 5.41) is 9.81. The first kappa shape index (κ1) is 13.6. The van der Waals surface area contributed by atoms with Crippen LogP contribution in [0.2, 0.25) is 0 Å². The van der Waals surface area contributed by atoms with Crippen LogP contribution in [-0.2, 0) is 5.41 Å². The highest BCUT2D eigenvalue weighted by molar-refractivity contribution is 5.25. The molecule has 1 fully saturated rings. The molecular weight excluding hydrogens is 222 g/mol. The normalized spacial score (nSPS) is 18.9. The number of aliphatic hydroxyl groups is 1. The Kier molecular flexibility index (Phi) is 4.41. The Hall–Kier alpha value is -0.860. The molecule has 1 aliphatic rings. The molecule has 0 aromatic heterocycles. The number of likely N-dealkylation sites (N-methyl/N-ethyl adjacent to an activating group) is 1. The lowest BCUT2D eigenvalue weighted by Gasteiger charge is -2.34. The van der Waals surface area contributed by atoms with Crippen molar-refractivity contribution in [3.63, 3.8) is 0 Å². The smallest absolute Gasteiger partial charge is 0.0537 e. The highest BCUT2D eigenvalue weighted by atomic mass is 16.3. The van der Waals surface area contributed by atoms with Crippen LogP contribution in [0, 0.1) is 5.92 Å². The van der Waals surface area contributed by atoms with Gasteiger partial charge >= 0.3 is 0 Å². The maximum Gasteiger partial charge on any atom is 0.0537 e. The van der Waals surface area contributed by atoms with E-state index in [1.54, 1.807) is 0 Å². The molecule has 0 bridgehead atoms. The first-order chi connectivity index (χ1) is 8.68. The van der Waals surface area contributed by atoms with Gasteiger partial charge in [0, 0.05) is 18.5 Å². The molecule has 0 spiro atoms. The van der Waals surface area contributed by atoms with Gasteiger partial charge in [0.15, 0.2) is 0 Å². The Morgan fingerprint density at radius 1 is 1.28 bits per heavy atom. The number of nitrogens with zero attached hydrogens (tertiary/aromatic N) is 1. The third kappa shape index (κ3) is 3.33. The van der Waals surface area contributed by atoms with Gasteiger partial charge in [-0.3, -0.25) is 0 Å². The fourth-order valence-electron chi connectivity index (χ4n) is 2.54. The highest BCUT2D eigenvalue weighted by Crippen LogP contribution is 2.31. The molecule has 1 aromatic rings. The third-order valence-electron chi connectivity index (χ3n) is 4.05. The summed E-state index contributed by atoms with van der Waals surface area (Å²) in [5.41, 5.74) is 1.09. The van der Waals surface area contributed by atoms with Gasteiger partial charge in [-0.25, -0.2) is 0 Å². The molecule has 100 valence electrons. The summed E-state index contributed by atoms with van der Waals surface area (Å²) in [6.07, 6.45) is 2.77. The monoisotopic (exact) mass is 247 g/mol. The second-order valence-corrected chi connectivity index (χ2v) is 5.86. The minimum absolute atomic E-state index is 0.147. The van der Waals surface area contributed by atoms with Gasteiger partial charge in [-0.2, -0.15) is 0 Å². The molecule has 1 aromatic carbocycles. The van der Waals surface area contributed by atoms with Gasteiger partial charge in [0.25, 0.3) is 0 Å². The SMILES string of the molecule is CCN(CC1CC1)CC(C)(CO)c1ccccc1. The van der Waals surface area contributed by atoms with Crippen molar-refractivity contribution in [3.05, 3.63) is 35.9 Å². The average molecular weight is 247 g/mol. The van der Waals surface area contributed by atoms with Crippen molar-refractivity contribution in [2.75, 3.05) is 26.2 Å². The molecule has 1 unspecified atom stereocenters. The Morgan fingerprint density at radius 2 is 1.94 bits per heavy atom. The van der Waals surface area contributed by atoms with Crippen molar-refractivity contribution in [1.82, 2.24) is 4.90 Å². The molecule has 2 rings (SSSR count). The van der Waals surface area contributed by atoms with Crippen LogP contribution in [0.25, 0.3) is 0 Å². The minimum atomic E-state index is -0.147. The van der Waals surface area contributed by atoms with Gasteiger partial charge in [-0.15, -0.1) is 0 Å². The van der Waals surface area contributed by atoms with Crippen LogP contribution in [-0.4, -0.2) is 36.2 Å². The molecule has 0 aliphatic heterocycles. The zero-order valence-electron chi connectivity index (χ0n) is 11.6. The molecule has 18 heavy (non-hydrogen) atoms. The van der Waals surface area contributed by atoms with Crippen LogP contribution in [0.3, 0.4) is 0 Å². The van der Waals surface area contributed by atoms with E-state index in [9.17, 15) is 5.11 Å². The van der Waals surface area contributed by atoms with Gasteiger partial charge in [0.2, 0.25) is 0 Å².